The van der Waals surface area contributed by atoms with Crippen LogP contribution < -0.4 is 14.8 Å². The van der Waals surface area contributed by atoms with Gasteiger partial charge in [0.25, 0.3) is 5.91 Å². The molecule has 3 heterocycles. The highest BCUT2D eigenvalue weighted by Gasteiger charge is 2.57. The second-order valence-corrected chi connectivity index (χ2v) is 11.8. The molecule has 1 fully saturated rings. The number of nitrogens with one attached hydrogen (secondary N) is 1. The number of amides is 1. The third kappa shape index (κ3) is 5.37. The lowest BCUT2D eigenvalue weighted by Gasteiger charge is -2.31. The number of carbonyl (C=O) groups is 1. The molecule has 11 heteroatoms. The maximum atomic E-state index is 14.7. The van der Waals surface area contributed by atoms with Crippen molar-refractivity contribution in [1.29, 1.82) is 0 Å². The van der Waals surface area contributed by atoms with Gasteiger partial charge in [-0.1, -0.05) is 13.8 Å². The van der Waals surface area contributed by atoms with Crippen LogP contribution in [-0.4, -0.2) is 46.4 Å². The monoisotopic (exact) mass is 595 g/mol. The summed E-state index contributed by atoms with van der Waals surface area (Å²) < 4.78 is 69.5. The van der Waals surface area contributed by atoms with E-state index in [2.05, 4.69) is 15.3 Å². The first-order valence-electron chi connectivity index (χ1n) is 13.8. The van der Waals surface area contributed by atoms with Gasteiger partial charge in [-0.3, -0.25) is 9.78 Å². The smallest absolute Gasteiger partial charge is 0.424 e. The van der Waals surface area contributed by atoms with E-state index in [9.17, 15) is 27.5 Å². The highest BCUT2D eigenvalue weighted by atomic mass is 19.4. The minimum absolute atomic E-state index is 0.00523. The Labute approximate surface area is 244 Å². The van der Waals surface area contributed by atoms with Gasteiger partial charge in [-0.15, -0.1) is 0 Å². The minimum Gasteiger partial charge on any atom is -0.490 e. The van der Waals surface area contributed by atoms with Crippen molar-refractivity contribution in [2.45, 2.75) is 56.9 Å². The first kappa shape index (κ1) is 28.9. The van der Waals surface area contributed by atoms with Gasteiger partial charge in [0.1, 0.15) is 28.5 Å². The number of nitrogens with zero attached hydrogens (tertiary/aromatic N) is 2. The molecular weight excluding hydrogens is 566 g/mol. The van der Waals surface area contributed by atoms with Crippen LogP contribution in [0.5, 0.6) is 11.5 Å². The summed E-state index contributed by atoms with van der Waals surface area (Å²) in [7, 11) is 0. The summed E-state index contributed by atoms with van der Waals surface area (Å²) in [6, 6.07) is 11.0. The molecule has 0 unspecified atom stereocenters. The van der Waals surface area contributed by atoms with E-state index >= 15 is 0 Å². The molecule has 2 N–H and O–H groups in total. The predicted octanol–water partition coefficient (Wildman–Crippen LogP) is 6.14. The van der Waals surface area contributed by atoms with Crippen molar-refractivity contribution >= 4 is 16.8 Å². The summed E-state index contributed by atoms with van der Waals surface area (Å²) in [4.78, 5) is 21.9. The summed E-state index contributed by atoms with van der Waals surface area (Å²) in [5.74, 6) is -0.743. The SMILES string of the molecule is Cc1cnc2c(OC3CC3)cc(C(=O)NC[C@](O)(c3cc4c(c(-c5ccc(F)cc5)n3)OCC4(C)C)C(F)(F)F)cc2c1. The standard InChI is InChI=1S/C32H29F4N3O4/c1-17-10-19-11-20(12-24(26(19)37-14-17)43-22-8-9-22)29(40)38-15-31(41,32(34,35)36)25-13-23-28(42-16-30(23,2)3)27(39-25)18-4-6-21(33)7-5-18/h4-7,10-14,22,41H,8-9,15-16H2,1-3H3,(H,38,40)/t31-/m0/s1. The maximum Gasteiger partial charge on any atom is 0.424 e. The molecule has 2 aliphatic rings. The molecule has 1 amide bonds. The van der Waals surface area contributed by atoms with Crippen LogP contribution in [0.15, 0.2) is 54.7 Å². The average Bonchev–Trinajstić information content (AvgIpc) is 3.72. The summed E-state index contributed by atoms with van der Waals surface area (Å²) in [6.07, 6.45) is -1.85. The lowest BCUT2D eigenvalue weighted by Crippen LogP contribution is -2.51. The van der Waals surface area contributed by atoms with Crippen molar-refractivity contribution < 1.29 is 36.9 Å². The Balaban J connectivity index is 1.38. The van der Waals surface area contributed by atoms with Crippen LogP contribution in [0.4, 0.5) is 17.6 Å². The average molecular weight is 596 g/mol. The van der Waals surface area contributed by atoms with E-state index in [1.165, 1.54) is 30.3 Å². The van der Waals surface area contributed by atoms with Crippen molar-refractivity contribution in [3.8, 4) is 22.8 Å². The van der Waals surface area contributed by atoms with Gasteiger partial charge in [0.05, 0.1) is 24.9 Å². The number of aryl methyl sites for hydroxylation is 1. The third-order valence-electron chi connectivity index (χ3n) is 7.76. The molecule has 2 aromatic carbocycles. The van der Waals surface area contributed by atoms with Crippen molar-refractivity contribution in [3.05, 3.63) is 82.9 Å². The van der Waals surface area contributed by atoms with Crippen molar-refractivity contribution in [2.75, 3.05) is 13.2 Å². The number of fused-ring (bicyclic) bond motifs is 2. The number of carbonyl (C=O) groups excluding carboxylic acids is 1. The first-order chi connectivity index (χ1) is 20.2. The highest BCUT2D eigenvalue weighted by Crippen LogP contribution is 2.47. The van der Waals surface area contributed by atoms with Crippen molar-refractivity contribution in [2.24, 2.45) is 0 Å². The van der Waals surface area contributed by atoms with Crippen molar-refractivity contribution in [1.82, 2.24) is 15.3 Å². The number of benzene rings is 2. The van der Waals surface area contributed by atoms with Crippen molar-refractivity contribution in [3.63, 3.8) is 0 Å². The van der Waals surface area contributed by atoms with E-state index in [0.717, 1.165) is 30.5 Å². The summed E-state index contributed by atoms with van der Waals surface area (Å²) in [5.41, 5.74) is -2.79. The molecule has 43 heavy (non-hydrogen) atoms. The van der Waals surface area contributed by atoms with E-state index in [4.69, 9.17) is 9.47 Å². The van der Waals surface area contributed by atoms with Crippen LogP contribution in [0, 0.1) is 12.7 Å². The molecule has 7 nitrogen and oxygen atoms in total. The van der Waals surface area contributed by atoms with Crippen LogP contribution in [-0.2, 0) is 11.0 Å². The lowest BCUT2D eigenvalue weighted by atomic mass is 9.84. The molecule has 2 aromatic heterocycles. The number of pyridine rings is 2. The highest BCUT2D eigenvalue weighted by molar-refractivity contribution is 6.00. The Morgan fingerprint density at radius 2 is 1.86 bits per heavy atom. The van der Waals surface area contributed by atoms with Gasteiger partial charge in [0, 0.05) is 33.7 Å². The number of aromatic nitrogens is 2. The number of hydrogen-bond acceptors (Lipinski definition) is 6. The normalized spacial score (nSPS) is 17.2. The number of hydrogen-bond donors (Lipinski definition) is 2. The molecular formula is C32H29F4N3O4. The predicted molar refractivity (Wildman–Crippen MR) is 151 cm³/mol. The van der Waals surface area contributed by atoms with Crippen LogP contribution >= 0.6 is 0 Å². The molecule has 0 bridgehead atoms. The van der Waals surface area contributed by atoms with E-state index in [0.29, 0.717) is 27.8 Å². The van der Waals surface area contributed by atoms with Gasteiger partial charge in [0.15, 0.2) is 0 Å². The zero-order valence-electron chi connectivity index (χ0n) is 23.7. The van der Waals surface area contributed by atoms with Gasteiger partial charge < -0.3 is 19.9 Å². The fourth-order valence-corrected chi connectivity index (χ4v) is 5.09. The van der Waals surface area contributed by atoms with Gasteiger partial charge in [-0.05, 0) is 73.9 Å². The second-order valence-electron chi connectivity index (χ2n) is 11.8. The van der Waals surface area contributed by atoms with Crippen LogP contribution in [0.3, 0.4) is 0 Å². The molecule has 1 aliphatic carbocycles. The quantitative estimate of drug-likeness (QED) is 0.250. The Morgan fingerprint density at radius 3 is 2.53 bits per heavy atom. The van der Waals surface area contributed by atoms with Gasteiger partial charge in [0.2, 0.25) is 5.60 Å². The van der Waals surface area contributed by atoms with Crippen LogP contribution in [0.25, 0.3) is 22.2 Å². The third-order valence-corrected chi connectivity index (χ3v) is 7.76. The van der Waals surface area contributed by atoms with Gasteiger partial charge in [-0.2, -0.15) is 13.2 Å². The molecule has 224 valence electrons. The second kappa shape index (κ2) is 10.2. The Morgan fingerprint density at radius 1 is 1.14 bits per heavy atom. The number of halogens is 4. The molecule has 1 saturated carbocycles. The number of aliphatic hydroxyl groups is 1. The Kier molecular flexibility index (Phi) is 6.83. The van der Waals surface area contributed by atoms with Crippen LogP contribution in [0.2, 0.25) is 0 Å². The van der Waals surface area contributed by atoms with E-state index < -0.39 is 41.2 Å². The molecule has 1 atom stereocenters. The molecule has 1 aliphatic heterocycles. The van der Waals surface area contributed by atoms with E-state index in [-0.39, 0.29) is 29.7 Å². The fourth-order valence-electron chi connectivity index (χ4n) is 5.09. The Hall–Kier alpha value is -4.25. The zero-order valence-corrected chi connectivity index (χ0v) is 23.7. The molecule has 0 saturated heterocycles. The summed E-state index contributed by atoms with van der Waals surface area (Å²) >= 11 is 0. The van der Waals surface area contributed by atoms with Gasteiger partial charge in [-0.25, -0.2) is 9.37 Å². The summed E-state index contributed by atoms with van der Waals surface area (Å²) in [5, 5.41) is 14.2. The number of ether oxygens (including phenoxy) is 2. The van der Waals surface area contributed by atoms with E-state index in [1.54, 1.807) is 26.1 Å². The number of alkyl halides is 3. The fraction of sp³-hybridized carbons (Fsp3) is 0.344. The Bertz CT molecular complexity index is 1740. The molecule has 0 radical (unpaired) electrons. The molecule has 0 spiro atoms. The molecule has 4 aromatic rings. The van der Waals surface area contributed by atoms with Gasteiger partial charge >= 0.3 is 6.18 Å². The zero-order chi connectivity index (χ0) is 30.7. The lowest BCUT2D eigenvalue weighted by molar-refractivity contribution is -0.265. The van der Waals surface area contributed by atoms with E-state index in [1.807, 2.05) is 6.92 Å². The largest absolute Gasteiger partial charge is 0.490 e. The van der Waals surface area contributed by atoms with Crippen LogP contribution in [0.1, 0.15) is 53.9 Å². The number of rotatable bonds is 7. The summed E-state index contributed by atoms with van der Waals surface area (Å²) in [6.45, 7) is 4.38. The minimum atomic E-state index is -5.23. The topological polar surface area (TPSA) is 93.6 Å². The first-order valence-corrected chi connectivity index (χ1v) is 13.8. The molecule has 6 rings (SSSR count). The maximum absolute atomic E-state index is 14.7.